The molecule has 0 saturated carbocycles. The third-order valence-electron chi connectivity index (χ3n) is 3.40. The summed E-state index contributed by atoms with van der Waals surface area (Å²) >= 11 is 0. The Labute approximate surface area is 120 Å². The Morgan fingerprint density at radius 2 is 1.90 bits per heavy atom. The van der Waals surface area contributed by atoms with Crippen molar-refractivity contribution in [3.63, 3.8) is 0 Å². The molecule has 108 valence electrons. The third-order valence-corrected chi connectivity index (χ3v) is 3.40. The monoisotopic (exact) mass is 273 g/mol. The summed E-state index contributed by atoms with van der Waals surface area (Å²) in [5, 5.41) is 10.1. The van der Waals surface area contributed by atoms with Crippen LogP contribution in [0.4, 0.5) is 5.69 Å². The molecule has 0 aliphatic heterocycles. The predicted octanol–water partition coefficient (Wildman–Crippen LogP) is 1.98. The lowest BCUT2D eigenvalue weighted by Crippen LogP contribution is -2.22. The number of aromatic nitrogens is 3. The molecule has 20 heavy (non-hydrogen) atoms. The van der Waals surface area contributed by atoms with Crippen LogP contribution in [0.1, 0.15) is 25.2 Å². The van der Waals surface area contributed by atoms with Gasteiger partial charge in [0, 0.05) is 38.3 Å². The Morgan fingerprint density at radius 3 is 2.50 bits per heavy atom. The molecule has 0 aliphatic rings. The normalized spacial score (nSPS) is 10.7. The summed E-state index contributed by atoms with van der Waals surface area (Å²) in [6, 6.07) is 8.77. The average molecular weight is 273 g/mol. The molecule has 2 N–H and O–H groups in total. The second-order valence-corrected chi connectivity index (χ2v) is 4.70. The lowest BCUT2D eigenvalue weighted by molar-refractivity contribution is 0.671. The van der Waals surface area contributed by atoms with Gasteiger partial charge >= 0.3 is 0 Å². The van der Waals surface area contributed by atoms with E-state index in [1.54, 1.807) is 6.33 Å². The van der Waals surface area contributed by atoms with Crippen LogP contribution < -0.4 is 10.2 Å². The topological polar surface area (TPSA) is 56.8 Å². The Hall–Kier alpha value is -1.88. The quantitative estimate of drug-likeness (QED) is 0.722. The molecule has 0 saturated heterocycles. The van der Waals surface area contributed by atoms with Crippen molar-refractivity contribution in [2.75, 3.05) is 24.5 Å². The zero-order valence-electron chi connectivity index (χ0n) is 12.3. The van der Waals surface area contributed by atoms with Gasteiger partial charge < -0.3 is 10.2 Å². The number of H-pyrrole nitrogens is 1. The minimum Gasteiger partial charge on any atom is -0.372 e. The van der Waals surface area contributed by atoms with Crippen LogP contribution in [-0.2, 0) is 13.0 Å². The number of hydrogen-bond donors (Lipinski definition) is 2. The number of benzene rings is 1. The first-order valence-corrected chi connectivity index (χ1v) is 7.22. The highest BCUT2D eigenvalue weighted by Crippen LogP contribution is 2.14. The molecule has 1 heterocycles. The molecular formula is C15H23N5. The molecule has 0 bridgehead atoms. The van der Waals surface area contributed by atoms with E-state index < -0.39 is 0 Å². The molecule has 2 aromatic rings. The summed E-state index contributed by atoms with van der Waals surface area (Å²) in [4.78, 5) is 6.45. The second kappa shape index (κ2) is 7.65. The van der Waals surface area contributed by atoms with E-state index in [1.165, 1.54) is 11.3 Å². The van der Waals surface area contributed by atoms with E-state index in [4.69, 9.17) is 0 Å². The van der Waals surface area contributed by atoms with Gasteiger partial charge in [0.25, 0.3) is 0 Å². The number of rotatable bonds is 8. The van der Waals surface area contributed by atoms with Crippen LogP contribution in [0.15, 0.2) is 30.6 Å². The van der Waals surface area contributed by atoms with Crippen LogP contribution in [0.2, 0.25) is 0 Å². The highest BCUT2D eigenvalue weighted by molar-refractivity contribution is 5.47. The second-order valence-electron chi connectivity index (χ2n) is 4.70. The first-order valence-electron chi connectivity index (χ1n) is 7.22. The van der Waals surface area contributed by atoms with Crippen molar-refractivity contribution in [3.8, 4) is 0 Å². The predicted molar refractivity (Wildman–Crippen MR) is 81.8 cm³/mol. The Bertz CT molecular complexity index is 473. The van der Waals surface area contributed by atoms with Gasteiger partial charge in [0.2, 0.25) is 0 Å². The highest BCUT2D eigenvalue weighted by Gasteiger charge is 2.01. The molecular weight excluding hydrogens is 250 g/mol. The van der Waals surface area contributed by atoms with Crippen LogP contribution in [-0.4, -0.2) is 34.8 Å². The summed E-state index contributed by atoms with van der Waals surface area (Å²) in [7, 11) is 0. The third kappa shape index (κ3) is 4.06. The molecule has 5 nitrogen and oxygen atoms in total. The van der Waals surface area contributed by atoms with E-state index in [2.05, 4.69) is 63.5 Å². The fourth-order valence-corrected chi connectivity index (χ4v) is 2.20. The van der Waals surface area contributed by atoms with E-state index in [1.807, 2.05) is 0 Å². The maximum Gasteiger partial charge on any atom is 0.137 e. The van der Waals surface area contributed by atoms with Crippen LogP contribution in [0.3, 0.4) is 0 Å². The number of nitrogens with one attached hydrogen (secondary N) is 2. The molecule has 0 fully saturated rings. The summed E-state index contributed by atoms with van der Waals surface area (Å²) in [6.07, 6.45) is 2.42. The van der Waals surface area contributed by atoms with Crippen molar-refractivity contribution >= 4 is 5.69 Å². The van der Waals surface area contributed by atoms with E-state index in [-0.39, 0.29) is 0 Å². The summed E-state index contributed by atoms with van der Waals surface area (Å²) in [5.41, 5.74) is 2.60. The van der Waals surface area contributed by atoms with Gasteiger partial charge in [0.15, 0.2) is 0 Å². The van der Waals surface area contributed by atoms with Crippen molar-refractivity contribution in [1.82, 2.24) is 20.5 Å². The molecule has 1 aromatic carbocycles. The van der Waals surface area contributed by atoms with Crippen molar-refractivity contribution in [3.05, 3.63) is 42.0 Å². The van der Waals surface area contributed by atoms with E-state index in [9.17, 15) is 0 Å². The van der Waals surface area contributed by atoms with Gasteiger partial charge in [-0.2, -0.15) is 5.10 Å². The number of aromatic amines is 1. The SMILES string of the molecule is CCN(CC)c1ccc(CNCCc2ncn[nH]2)cc1. The zero-order chi connectivity index (χ0) is 14.2. The molecule has 0 amide bonds. The molecule has 0 aliphatic carbocycles. The van der Waals surface area contributed by atoms with Crippen molar-refractivity contribution in [2.45, 2.75) is 26.8 Å². The van der Waals surface area contributed by atoms with Gasteiger partial charge in [0.1, 0.15) is 12.2 Å². The minimum atomic E-state index is 0.873. The lowest BCUT2D eigenvalue weighted by Gasteiger charge is -2.21. The number of nitrogens with zero attached hydrogens (tertiary/aromatic N) is 3. The lowest BCUT2D eigenvalue weighted by atomic mass is 10.2. The Morgan fingerprint density at radius 1 is 1.15 bits per heavy atom. The largest absolute Gasteiger partial charge is 0.372 e. The minimum absolute atomic E-state index is 0.873. The van der Waals surface area contributed by atoms with Gasteiger partial charge in [-0.3, -0.25) is 5.10 Å². The van der Waals surface area contributed by atoms with Crippen LogP contribution in [0.25, 0.3) is 0 Å². The first kappa shape index (κ1) is 14.5. The summed E-state index contributed by atoms with van der Waals surface area (Å²) in [6.45, 7) is 8.24. The van der Waals surface area contributed by atoms with Crippen molar-refractivity contribution < 1.29 is 0 Å². The number of anilines is 1. The van der Waals surface area contributed by atoms with Crippen molar-refractivity contribution in [1.29, 1.82) is 0 Å². The molecule has 0 atom stereocenters. The Balaban J connectivity index is 1.76. The van der Waals surface area contributed by atoms with Crippen LogP contribution in [0, 0.1) is 0 Å². The maximum atomic E-state index is 4.10. The standard InChI is InChI=1S/C15H23N5/c1-3-20(4-2)14-7-5-13(6-8-14)11-16-10-9-15-17-12-18-19-15/h5-8,12,16H,3-4,9-11H2,1-2H3,(H,17,18,19). The van der Waals surface area contributed by atoms with Crippen LogP contribution in [0.5, 0.6) is 0 Å². The van der Waals surface area contributed by atoms with E-state index >= 15 is 0 Å². The molecule has 2 rings (SSSR count). The van der Waals surface area contributed by atoms with Gasteiger partial charge in [0.05, 0.1) is 0 Å². The zero-order valence-corrected chi connectivity index (χ0v) is 12.3. The molecule has 0 unspecified atom stereocenters. The first-order chi connectivity index (χ1) is 9.83. The molecule has 0 spiro atoms. The van der Waals surface area contributed by atoms with E-state index in [0.717, 1.165) is 38.4 Å². The van der Waals surface area contributed by atoms with Crippen LogP contribution >= 0.6 is 0 Å². The van der Waals surface area contributed by atoms with E-state index in [0.29, 0.717) is 0 Å². The molecule has 0 radical (unpaired) electrons. The van der Waals surface area contributed by atoms with Gasteiger partial charge in [-0.1, -0.05) is 12.1 Å². The summed E-state index contributed by atoms with van der Waals surface area (Å²) in [5.74, 6) is 0.925. The Kier molecular flexibility index (Phi) is 5.55. The molecule has 5 heteroatoms. The maximum absolute atomic E-state index is 4.10. The van der Waals surface area contributed by atoms with Gasteiger partial charge in [-0.05, 0) is 31.5 Å². The molecule has 1 aromatic heterocycles. The van der Waals surface area contributed by atoms with Gasteiger partial charge in [-0.25, -0.2) is 4.98 Å². The smallest absolute Gasteiger partial charge is 0.137 e. The van der Waals surface area contributed by atoms with Crippen molar-refractivity contribution in [2.24, 2.45) is 0 Å². The summed E-state index contributed by atoms with van der Waals surface area (Å²) < 4.78 is 0. The fraction of sp³-hybridized carbons (Fsp3) is 0.467. The fourth-order valence-electron chi connectivity index (χ4n) is 2.20. The highest BCUT2D eigenvalue weighted by atomic mass is 15.2. The average Bonchev–Trinajstić information content (AvgIpc) is 3.00. The number of hydrogen-bond acceptors (Lipinski definition) is 4. The van der Waals surface area contributed by atoms with Gasteiger partial charge in [-0.15, -0.1) is 0 Å².